The zero-order chi connectivity index (χ0) is 19.3. The van der Waals surface area contributed by atoms with Crippen LogP contribution in [0.5, 0.6) is 0 Å². The molecule has 1 fully saturated rings. The summed E-state index contributed by atoms with van der Waals surface area (Å²) in [7, 11) is 1.71. The highest BCUT2D eigenvalue weighted by Gasteiger charge is 2.27. The number of nitrogens with zero attached hydrogens (tertiary/aromatic N) is 4. The van der Waals surface area contributed by atoms with Gasteiger partial charge < -0.3 is 19.2 Å². The van der Waals surface area contributed by atoms with Gasteiger partial charge >= 0.3 is 0 Å². The lowest BCUT2D eigenvalue weighted by molar-refractivity contribution is -0.132. The summed E-state index contributed by atoms with van der Waals surface area (Å²) in [4.78, 5) is 27.2. The minimum absolute atomic E-state index is 0.195. The molecule has 0 spiro atoms. The fourth-order valence-corrected chi connectivity index (χ4v) is 3.98. The monoisotopic (exact) mass is 381 g/mol. The van der Waals surface area contributed by atoms with Gasteiger partial charge in [0.1, 0.15) is 11.6 Å². The lowest BCUT2D eigenvalue weighted by atomic mass is 9.96. The van der Waals surface area contributed by atoms with Crippen molar-refractivity contribution in [1.29, 1.82) is 0 Å². The van der Waals surface area contributed by atoms with Gasteiger partial charge in [0.25, 0.3) is 0 Å². The van der Waals surface area contributed by atoms with Crippen molar-refractivity contribution in [2.45, 2.75) is 38.1 Å². The number of carbonyl (C=O) groups is 1. The van der Waals surface area contributed by atoms with Crippen LogP contribution in [0.15, 0.2) is 36.7 Å². The number of hydrogen-bond donors (Lipinski definition) is 1. The Morgan fingerprint density at radius 1 is 1.36 bits per heavy atom. The number of piperidine rings is 1. The van der Waals surface area contributed by atoms with E-state index >= 15 is 0 Å². The molecule has 1 aliphatic rings. The second-order valence-corrected chi connectivity index (χ2v) is 7.35. The predicted molar refractivity (Wildman–Crippen MR) is 107 cm³/mol. The molecule has 1 amide bonds. The van der Waals surface area contributed by atoms with Gasteiger partial charge in [-0.05, 0) is 25.0 Å². The van der Waals surface area contributed by atoms with Crippen LogP contribution in [0.1, 0.15) is 36.8 Å². The van der Waals surface area contributed by atoms with Crippen molar-refractivity contribution >= 4 is 16.9 Å². The van der Waals surface area contributed by atoms with E-state index in [1.54, 1.807) is 7.11 Å². The quantitative estimate of drug-likeness (QED) is 0.683. The highest BCUT2D eigenvalue weighted by Crippen LogP contribution is 2.26. The Balaban J connectivity index is 1.36. The number of fused-ring (bicyclic) bond motifs is 1. The van der Waals surface area contributed by atoms with Gasteiger partial charge in [0.05, 0.1) is 17.6 Å². The first-order chi connectivity index (χ1) is 13.7. The minimum Gasteiger partial charge on any atom is -0.383 e. The van der Waals surface area contributed by atoms with Crippen molar-refractivity contribution in [2.24, 2.45) is 0 Å². The maximum absolute atomic E-state index is 12.8. The Morgan fingerprint density at radius 2 is 2.25 bits per heavy atom. The van der Waals surface area contributed by atoms with Crippen molar-refractivity contribution in [3.8, 4) is 0 Å². The molecular weight excluding hydrogens is 354 g/mol. The number of benzene rings is 1. The molecule has 0 aliphatic carbocycles. The van der Waals surface area contributed by atoms with Crippen molar-refractivity contribution in [3.63, 3.8) is 0 Å². The number of aromatic amines is 1. The minimum atomic E-state index is 0.195. The summed E-state index contributed by atoms with van der Waals surface area (Å²) in [5, 5.41) is 0. The van der Waals surface area contributed by atoms with Crippen LogP contribution in [0.4, 0.5) is 0 Å². The van der Waals surface area contributed by atoms with Gasteiger partial charge in [-0.25, -0.2) is 9.97 Å². The highest BCUT2D eigenvalue weighted by molar-refractivity contribution is 5.77. The summed E-state index contributed by atoms with van der Waals surface area (Å²) in [6, 6.07) is 7.95. The van der Waals surface area contributed by atoms with E-state index in [1.165, 1.54) is 0 Å². The van der Waals surface area contributed by atoms with Crippen LogP contribution < -0.4 is 0 Å². The normalized spacial score (nSPS) is 17.3. The Kier molecular flexibility index (Phi) is 5.71. The number of aromatic nitrogens is 4. The third kappa shape index (κ3) is 4.09. The molecule has 1 unspecified atom stereocenters. The molecular formula is C21H27N5O2. The van der Waals surface area contributed by atoms with E-state index in [0.29, 0.717) is 19.4 Å². The molecule has 148 valence electrons. The topological polar surface area (TPSA) is 76.0 Å². The van der Waals surface area contributed by atoms with Crippen LogP contribution in [-0.4, -0.2) is 57.1 Å². The molecule has 7 nitrogen and oxygen atoms in total. The number of amides is 1. The number of imidazole rings is 2. The van der Waals surface area contributed by atoms with Crippen LogP contribution in [0.3, 0.4) is 0 Å². The van der Waals surface area contributed by atoms with Crippen LogP contribution in [0, 0.1) is 0 Å². The Hall–Kier alpha value is -2.67. The van der Waals surface area contributed by atoms with Gasteiger partial charge in [-0.1, -0.05) is 12.1 Å². The third-order valence-corrected chi connectivity index (χ3v) is 5.44. The van der Waals surface area contributed by atoms with E-state index in [9.17, 15) is 4.79 Å². The summed E-state index contributed by atoms with van der Waals surface area (Å²) < 4.78 is 7.34. The average Bonchev–Trinajstić information content (AvgIpc) is 3.37. The summed E-state index contributed by atoms with van der Waals surface area (Å²) in [5.74, 6) is 2.42. The van der Waals surface area contributed by atoms with Gasteiger partial charge in [-0.3, -0.25) is 4.79 Å². The fourth-order valence-electron chi connectivity index (χ4n) is 3.98. The zero-order valence-electron chi connectivity index (χ0n) is 16.3. The predicted octanol–water partition coefficient (Wildman–Crippen LogP) is 2.74. The van der Waals surface area contributed by atoms with Gasteiger partial charge in [-0.15, -0.1) is 0 Å². The maximum atomic E-state index is 12.8. The lowest BCUT2D eigenvalue weighted by Gasteiger charge is -2.32. The van der Waals surface area contributed by atoms with E-state index in [4.69, 9.17) is 4.74 Å². The molecule has 1 aromatic carbocycles. The Morgan fingerprint density at radius 3 is 3.11 bits per heavy atom. The SMILES string of the molecule is COCCn1ccnc1C1CCCN(C(=O)CCc2nc3ccccc3[nH]2)C1. The zero-order valence-corrected chi connectivity index (χ0v) is 16.3. The number of likely N-dealkylation sites (tertiary alicyclic amines) is 1. The van der Waals surface area contributed by atoms with Crippen molar-refractivity contribution in [2.75, 3.05) is 26.8 Å². The van der Waals surface area contributed by atoms with Crippen molar-refractivity contribution in [3.05, 3.63) is 48.3 Å². The molecule has 28 heavy (non-hydrogen) atoms. The number of methoxy groups -OCH3 is 1. The molecule has 0 bridgehead atoms. The molecule has 3 aromatic rings. The Bertz CT molecular complexity index is 899. The van der Waals surface area contributed by atoms with Crippen molar-refractivity contribution < 1.29 is 9.53 Å². The van der Waals surface area contributed by atoms with Crippen molar-refractivity contribution in [1.82, 2.24) is 24.4 Å². The number of hydrogen-bond acceptors (Lipinski definition) is 4. The first-order valence-corrected chi connectivity index (χ1v) is 9.96. The molecule has 0 saturated carbocycles. The molecule has 2 aromatic heterocycles. The smallest absolute Gasteiger partial charge is 0.223 e. The fraction of sp³-hybridized carbons (Fsp3) is 0.476. The number of ether oxygens (including phenoxy) is 1. The largest absolute Gasteiger partial charge is 0.383 e. The number of H-pyrrole nitrogens is 1. The molecule has 1 aliphatic heterocycles. The van der Waals surface area contributed by atoms with E-state index in [-0.39, 0.29) is 11.8 Å². The molecule has 1 saturated heterocycles. The molecule has 1 N–H and O–H groups in total. The first kappa shape index (κ1) is 18.7. The number of rotatable bonds is 7. The van der Waals surface area contributed by atoms with Gasteiger partial charge in [-0.2, -0.15) is 0 Å². The highest BCUT2D eigenvalue weighted by atomic mass is 16.5. The van der Waals surface area contributed by atoms with E-state index < -0.39 is 0 Å². The van der Waals surface area contributed by atoms with Crippen LogP contribution in [-0.2, 0) is 22.5 Å². The maximum Gasteiger partial charge on any atom is 0.223 e. The number of para-hydroxylation sites is 2. The van der Waals surface area contributed by atoms with Gasteiger partial charge in [0.2, 0.25) is 5.91 Å². The van der Waals surface area contributed by atoms with Crippen LogP contribution >= 0.6 is 0 Å². The second-order valence-electron chi connectivity index (χ2n) is 7.35. The van der Waals surface area contributed by atoms with E-state index in [1.807, 2.05) is 41.6 Å². The van der Waals surface area contributed by atoms with Gasteiger partial charge in [0, 0.05) is 57.9 Å². The van der Waals surface area contributed by atoms with E-state index in [0.717, 1.165) is 55.2 Å². The molecule has 1 atom stereocenters. The van der Waals surface area contributed by atoms with Crippen LogP contribution in [0.2, 0.25) is 0 Å². The summed E-state index contributed by atoms with van der Waals surface area (Å²) in [5.41, 5.74) is 1.97. The molecule has 3 heterocycles. The number of carbonyl (C=O) groups excluding carboxylic acids is 1. The number of nitrogens with one attached hydrogen (secondary N) is 1. The van der Waals surface area contributed by atoms with Gasteiger partial charge in [0.15, 0.2) is 0 Å². The first-order valence-electron chi connectivity index (χ1n) is 9.96. The van der Waals surface area contributed by atoms with Crippen LogP contribution in [0.25, 0.3) is 11.0 Å². The summed E-state index contributed by atoms with van der Waals surface area (Å²) in [6.45, 7) is 3.02. The molecule has 7 heteroatoms. The number of aryl methyl sites for hydroxylation is 1. The second kappa shape index (κ2) is 8.56. The lowest BCUT2D eigenvalue weighted by Crippen LogP contribution is -2.40. The molecule has 4 rings (SSSR count). The standard InChI is InChI=1S/C21H27N5O2/c1-28-14-13-25-12-10-22-21(25)16-5-4-11-26(15-16)20(27)9-8-19-23-17-6-2-3-7-18(17)24-19/h2-3,6-7,10,12,16H,4-5,8-9,11,13-15H2,1H3,(H,23,24). The Labute approximate surface area is 164 Å². The third-order valence-electron chi connectivity index (χ3n) is 5.44. The molecule has 0 radical (unpaired) electrons. The average molecular weight is 381 g/mol. The summed E-state index contributed by atoms with van der Waals surface area (Å²) in [6.07, 6.45) is 7.03. The van der Waals surface area contributed by atoms with E-state index in [2.05, 4.69) is 19.5 Å². The summed E-state index contributed by atoms with van der Waals surface area (Å²) >= 11 is 0.